The van der Waals surface area contributed by atoms with Crippen molar-refractivity contribution in [1.29, 1.82) is 0 Å². The molecular formula is C16H27ClN2O. The van der Waals surface area contributed by atoms with Crippen molar-refractivity contribution in [1.82, 2.24) is 4.90 Å². The van der Waals surface area contributed by atoms with Gasteiger partial charge in [-0.05, 0) is 24.3 Å². The van der Waals surface area contributed by atoms with Crippen LogP contribution >= 0.6 is 12.4 Å². The molecule has 1 aromatic carbocycles. The Labute approximate surface area is 128 Å². The van der Waals surface area contributed by atoms with Gasteiger partial charge < -0.3 is 10.6 Å². The Morgan fingerprint density at radius 1 is 1.30 bits per heavy atom. The Kier molecular flexibility index (Phi) is 9.26. The second-order valence-corrected chi connectivity index (χ2v) is 5.26. The van der Waals surface area contributed by atoms with Gasteiger partial charge in [0.25, 0.3) is 0 Å². The van der Waals surface area contributed by atoms with Crippen LogP contribution in [0.5, 0.6) is 0 Å². The minimum atomic E-state index is -0.369. The minimum Gasteiger partial charge on any atom is -0.344 e. The first-order valence-corrected chi connectivity index (χ1v) is 7.10. The molecule has 0 aliphatic carbocycles. The Bertz CT molecular complexity index is 383. The third kappa shape index (κ3) is 5.93. The Morgan fingerprint density at radius 2 is 1.90 bits per heavy atom. The number of benzene rings is 1. The van der Waals surface area contributed by atoms with Crippen molar-refractivity contribution in [3.05, 3.63) is 35.9 Å². The second-order valence-electron chi connectivity index (χ2n) is 5.26. The molecule has 1 rings (SSSR count). The van der Waals surface area contributed by atoms with Crippen molar-refractivity contribution in [3.63, 3.8) is 0 Å². The highest BCUT2D eigenvalue weighted by Crippen LogP contribution is 2.09. The summed E-state index contributed by atoms with van der Waals surface area (Å²) in [6.07, 6.45) is 2.90. The summed E-state index contributed by atoms with van der Waals surface area (Å²) >= 11 is 0. The summed E-state index contributed by atoms with van der Waals surface area (Å²) in [6, 6.07) is 9.97. The molecular weight excluding hydrogens is 272 g/mol. The minimum absolute atomic E-state index is 0. The maximum atomic E-state index is 12.1. The van der Waals surface area contributed by atoms with Crippen molar-refractivity contribution in [2.45, 2.75) is 39.2 Å². The zero-order valence-electron chi connectivity index (χ0n) is 12.7. The van der Waals surface area contributed by atoms with Gasteiger partial charge in [0.05, 0.1) is 6.04 Å². The molecule has 0 saturated heterocycles. The van der Waals surface area contributed by atoms with Gasteiger partial charge in [-0.2, -0.15) is 0 Å². The van der Waals surface area contributed by atoms with Crippen LogP contribution in [0.25, 0.3) is 0 Å². The third-order valence-corrected chi connectivity index (χ3v) is 3.72. The number of amides is 1. The van der Waals surface area contributed by atoms with E-state index in [4.69, 9.17) is 5.73 Å². The summed E-state index contributed by atoms with van der Waals surface area (Å²) in [5.74, 6) is 0.298. The van der Waals surface area contributed by atoms with Crippen molar-refractivity contribution in [2.75, 3.05) is 13.6 Å². The molecule has 0 saturated carbocycles. The molecule has 0 heterocycles. The number of nitrogens with zero attached hydrogens (tertiary/aromatic N) is 1. The van der Waals surface area contributed by atoms with Crippen molar-refractivity contribution in [3.8, 4) is 0 Å². The van der Waals surface area contributed by atoms with E-state index in [9.17, 15) is 4.79 Å². The van der Waals surface area contributed by atoms with Gasteiger partial charge in [-0.15, -0.1) is 12.4 Å². The Hall–Kier alpha value is -1.06. The third-order valence-electron chi connectivity index (χ3n) is 3.72. The predicted molar refractivity (Wildman–Crippen MR) is 87.1 cm³/mol. The molecule has 0 aliphatic rings. The lowest BCUT2D eigenvalue weighted by Crippen LogP contribution is -2.45. The maximum absolute atomic E-state index is 12.1. The number of carbonyl (C=O) groups excluding carboxylic acids is 1. The topological polar surface area (TPSA) is 46.3 Å². The monoisotopic (exact) mass is 298 g/mol. The van der Waals surface area contributed by atoms with Crippen LogP contribution in [0, 0.1) is 5.92 Å². The molecule has 2 atom stereocenters. The second kappa shape index (κ2) is 9.78. The number of rotatable bonds is 7. The average Bonchev–Trinajstić information content (AvgIpc) is 2.45. The van der Waals surface area contributed by atoms with E-state index in [-0.39, 0.29) is 30.3 Å². The van der Waals surface area contributed by atoms with Gasteiger partial charge in [0.15, 0.2) is 0 Å². The Balaban J connectivity index is 0.00000361. The summed E-state index contributed by atoms with van der Waals surface area (Å²) in [4.78, 5) is 13.9. The zero-order valence-corrected chi connectivity index (χ0v) is 13.5. The molecule has 4 heteroatoms. The van der Waals surface area contributed by atoms with Gasteiger partial charge >= 0.3 is 0 Å². The van der Waals surface area contributed by atoms with Crippen LogP contribution in [-0.2, 0) is 11.2 Å². The number of hydrogen-bond acceptors (Lipinski definition) is 2. The van der Waals surface area contributed by atoms with Crippen LogP contribution in [0.1, 0.15) is 32.3 Å². The lowest BCUT2D eigenvalue weighted by molar-refractivity contribution is -0.132. The van der Waals surface area contributed by atoms with E-state index in [2.05, 4.69) is 19.1 Å². The molecule has 2 unspecified atom stereocenters. The predicted octanol–water partition coefficient (Wildman–Crippen LogP) is 2.87. The van der Waals surface area contributed by atoms with Crippen LogP contribution in [0.3, 0.4) is 0 Å². The maximum Gasteiger partial charge on any atom is 0.239 e. The molecule has 2 N–H and O–H groups in total. The molecule has 3 nitrogen and oxygen atoms in total. The summed E-state index contributed by atoms with van der Waals surface area (Å²) in [6.45, 7) is 4.85. The van der Waals surface area contributed by atoms with Gasteiger partial charge in [-0.3, -0.25) is 4.79 Å². The largest absolute Gasteiger partial charge is 0.344 e. The lowest BCUT2D eigenvalue weighted by atomic mass is 9.99. The number of nitrogens with two attached hydrogens (primary N) is 1. The highest BCUT2D eigenvalue weighted by molar-refractivity contribution is 5.85. The van der Waals surface area contributed by atoms with E-state index in [1.54, 1.807) is 4.90 Å². The van der Waals surface area contributed by atoms with Crippen LogP contribution in [0.2, 0.25) is 0 Å². The molecule has 0 aliphatic heterocycles. The van der Waals surface area contributed by atoms with E-state index in [1.165, 1.54) is 5.56 Å². The molecule has 114 valence electrons. The van der Waals surface area contributed by atoms with Crippen LogP contribution in [-0.4, -0.2) is 30.4 Å². The summed E-state index contributed by atoms with van der Waals surface area (Å²) < 4.78 is 0. The number of likely N-dealkylation sites (N-methyl/N-ethyl adjacent to an activating group) is 1. The Morgan fingerprint density at radius 3 is 2.45 bits per heavy atom. The molecule has 0 radical (unpaired) electrons. The van der Waals surface area contributed by atoms with Crippen LogP contribution in [0.15, 0.2) is 30.3 Å². The van der Waals surface area contributed by atoms with Gasteiger partial charge in [0, 0.05) is 13.6 Å². The average molecular weight is 299 g/mol. The van der Waals surface area contributed by atoms with E-state index < -0.39 is 0 Å². The number of aryl methyl sites for hydroxylation is 1. The first-order valence-electron chi connectivity index (χ1n) is 7.10. The van der Waals surface area contributed by atoms with Gasteiger partial charge in [0.2, 0.25) is 5.91 Å². The highest BCUT2D eigenvalue weighted by atomic mass is 35.5. The van der Waals surface area contributed by atoms with Crippen LogP contribution in [0.4, 0.5) is 0 Å². The fourth-order valence-electron chi connectivity index (χ4n) is 2.03. The molecule has 0 spiro atoms. The van der Waals surface area contributed by atoms with E-state index in [0.29, 0.717) is 0 Å². The fraction of sp³-hybridized carbons (Fsp3) is 0.562. The smallest absolute Gasteiger partial charge is 0.239 e. The molecule has 1 aromatic rings. The number of hydrogen-bond donors (Lipinski definition) is 1. The van der Waals surface area contributed by atoms with Crippen molar-refractivity contribution < 1.29 is 4.79 Å². The normalized spacial score (nSPS) is 13.2. The van der Waals surface area contributed by atoms with Gasteiger partial charge in [-0.1, -0.05) is 50.6 Å². The first kappa shape index (κ1) is 18.9. The zero-order chi connectivity index (χ0) is 14.3. The molecule has 0 fully saturated rings. The van der Waals surface area contributed by atoms with E-state index in [0.717, 1.165) is 25.8 Å². The molecule has 0 bridgehead atoms. The standard InChI is InChI=1S/C16H26N2O.ClH/c1-4-13(2)15(17)16(19)18(3)12-8-11-14-9-6-5-7-10-14;/h5-7,9-10,13,15H,4,8,11-12,17H2,1-3H3;1H. The molecule has 20 heavy (non-hydrogen) atoms. The van der Waals surface area contributed by atoms with E-state index in [1.807, 2.05) is 32.2 Å². The lowest BCUT2D eigenvalue weighted by Gasteiger charge is -2.24. The van der Waals surface area contributed by atoms with Gasteiger partial charge in [-0.25, -0.2) is 0 Å². The van der Waals surface area contributed by atoms with Crippen molar-refractivity contribution in [2.24, 2.45) is 11.7 Å². The molecule has 1 amide bonds. The number of carbonyl (C=O) groups is 1. The van der Waals surface area contributed by atoms with Crippen molar-refractivity contribution >= 4 is 18.3 Å². The first-order chi connectivity index (χ1) is 9.06. The highest BCUT2D eigenvalue weighted by Gasteiger charge is 2.22. The van der Waals surface area contributed by atoms with E-state index >= 15 is 0 Å². The SMILES string of the molecule is CCC(C)C(N)C(=O)N(C)CCCc1ccccc1.Cl. The summed E-state index contributed by atoms with van der Waals surface area (Å²) in [5, 5.41) is 0. The fourth-order valence-corrected chi connectivity index (χ4v) is 2.03. The summed E-state index contributed by atoms with van der Waals surface area (Å²) in [5.41, 5.74) is 7.28. The van der Waals surface area contributed by atoms with Gasteiger partial charge in [0.1, 0.15) is 0 Å². The van der Waals surface area contributed by atoms with Crippen LogP contribution < -0.4 is 5.73 Å². The summed E-state index contributed by atoms with van der Waals surface area (Å²) in [7, 11) is 1.84. The quantitative estimate of drug-likeness (QED) is 0.841. The number of halogens is 1. The molecule has 0 aromatic heterocycles.